The summed E-state index contributed by atoms with van der Waals surface area (Å²) in [4.78, 5) is 16.8. The predicted molar refractivity (Wildman–Crippen MR) is 90.5 cm³/mol. The van der Waals surface area contributed by atoms with E-state index in [1.54, 1.807) is 12.1 Å². The molecule has 0 radical (unpaired) electrons. The van der Waals surface area contributed by atoms with Gasteiger partial charge in [0.1, 0.15) is 11.2 Å². The van der Waals surface area contributed by atoms with Gasteiger partial charge in [0.25, 0.3) is 0 Å². The van der Waals surface area contributed by atoms with Gasteiger partial charge in [-0.05, 0) is 36.5 Å². The second kappa shape index (κ2) is 6.19. The highest BCUT2D eigenvalue weighted by atomic mass is 19.1. The summed E-state index contributed by atoms with van der Waals surface area (Å²) in [6, 6.07) is 14.5. The molecule has 0 bridgehead atoms. The van der Waals surface area contributed by atoms with Crippen LogP contribution in [0, 0.1) is 11.7 Å². The van der Waals surface area contributed by atoms with Crippen LogP contribution in [0.3, 0.4) is 0 Å². The molecule has 1 atom stereocenters. The summed E-state index contributed by atoms with van der Waals surface area (Å²) in [5.74, 6) is 0.150. The van der Waals surface area contributed by atoms with Crippen molar-refractivity contribution in [2.24, 2.45) is 5.92 Å². The summed E-state index contributed by atoms with van der Waals surface area (Å²) in [6.45, 7) is 0. The van der Waals surface area contributed by atoms with Gasteiger partial charge >= 0.3 is 5.63 Å². The van der Waals surface area contributed by atoms with Gasteiger partial charge in [0.2, 0.25) is 5.89 Å². The molecule has 1 aliphatic carbocycles. The minimum atomic E-state index is -0.646. The van der Waals surface area contributed by atoms with Gasteiger partial charge in [-0.25, -0.2) is 14.2 Å². The smallest absolute Gasteiger partial charge is 0.349 e. The van der Waals surface area contributed by atoms with E-state index in [-0.39, 0.29) is 11.3 Å². The van der Waals surface area contributed by atoms with Crippen LogP contribution >= 0.6 is 0 Å². The van der Waals surface area contributed by atoms with Crippen molar-refractivity contribution in [3.05, 3.63) is 76.2 Å². The number of hydrogen-bond acceptors (Lipinski definition) is 3. The van der Waals surface area contributed by atoms with E-state index in [0.717, 1.165) is 18.4 Å². The Bertz CT molecular complexity index is 914. The predicted octanol–water partition coefficient (Wildman–Crippen LogP) is 4.65. The average molecular weight is 323 g/mol. The fraction of sp³-hybridized carbons (Fsp3) is 0.300. The zero-order chi connectivity index (χ0) is 16.5. The molecule has 1 aliphatic rings. The number of rotatable bonds is 3. The molecule has 0 unspecified atom stereocenters. The lowest BCUT2D eigenvalue weighted by Crippen LogP contribution is -2.16. The van der Waals surface area contributed by atoms with E-state index in [4.69, 9.17) is 4.42 Å². The van der Waals surface area contributed by atoms with E-state index in [9.17, 15) is 9.18 Å². The number of benzene rings is 2. The molecule has 4 heteroatoms. The molecular weight excluding hydrogens is 305 g/mol. The number of fused-ring (bicyclic) bond motifs is 1. The van der Waals surface area contributed by atoms with Crippen LogP contribution in [-0.4, -0.2) is 4.98 Å². The maximum Gasteiger partial charge on any atom is 0.349 e. The number of nitrogens with zero attached hydrogens (tertiary/aromatic N) is 1. The van der Waals surface area contributed by atoms with Gasteiger partial charge in [0.15, 0.2) is 0 Å². The van der Waals surface area contributed by atoms with Crippen molar-refractivity contribution in [2.45, 2.75) is 31.6 Å². The zero-order valence-electron chi connectivity index (χ0n) is 13.2. The summed E-state index contributed by atoms with van der Waals surface area (Å²) in [6.07, 6.45) is 4.54. The maximum absolute atomic E-state index is 13.9. The Balaban J connectivity index is 1.89. The van der Waals surface area contributed by atoms with Gasteiger partial charge in [0.05, 0.1) is 11.4 Å². The molecule has 0 saturated heterocycles. The highest BCUT2D eigenvalue weighted by Crippen LogP contribution is 2.40. The zero-order valence-corrected chi connectivity index (χ0v) is 13.2. The minimum absolute atomic E-state index is 0.0610. The van der Waals surface area contributed by atoms with Crippen molar-refractivity contribution in [1.82, 2.24) is 4.98 Å². The Labute approximate surface area is 139 Å². The molecule has 2 aromatic carbocycles. The van der Waals surface area contributed by atoms with Crippen molar-refractivity contribution in [1.29, 1.82) is 0 Å². The fourth-order valence-corrected chi connectivity index (χ4v) is 3.80. The molecule has 122 valence electrons. The first-order chi connectivity index (χ1) is 11.7. The van der Waals surface area contributed by atoms with Crippen molar-refractivity contribution in [3.63, 3.8) is 0 Å². The highest BCUT2D eigenvalue weighted by Gasteiger charge is 2.31. The second-order valence-corrected chi connectivity index (χ2v) is 6.41. The van der Waals surface area contributed by atoms with Crippen molar-refractivity contribution >= 4 is 10.9 Å². The molecule has 4 rings (SSSR count). The van der Waals surface area contributed by atoms with Gasteiger partial charge in [-0.15, -0.1) is 0 Å². The van der Waals surface area contributed by atoms with E-state index in [2.05, 4.69) is 4.98 Å². The SMILES string of the molecule is O=c1oc([C@@H](c2ccccc2)C2CCCC2)nc2cccc(F)c12. The van der Waals surface area contributed by atoms with E-state index in [1.165, 1.54) is 18.9 Å². The summed E-state index contributed by atoms with van der Waals surface area (Å²) >= 11 is 0. The lowest BCUT2D eigenvalue weighted by atomic mass is 9.84. The molecule has 0 amide bonds. The Morgan fingerprint density at radius 3 is 2.54 bits per heavy atom. The quantitative estimate of drug-likeness (QED) is 0.704. The normalized spacial score (nSPS) is 16.5. The molecule has 3 aromatic rings. The molecular formula is C20H18FNO2. The minimum Gasteiger partial charge on any atom is -0.407 e. The summed E-state index contributed by atoms with van der Waals surface area (Å²) in [5.41, 5.74) is 0.808. The van der Waals surface area contributed by atoms with Crippen molar-refractivity contribution < 1.29 is 8.81 Å². The summed E-state index contributed by atoms with van der Waals surface area (Å²) in [7, 11) is 0. The molecule has 24 heavy (non-hydrogen) atoms. The molecule has 1 fully saturated rings. The monoisotopic (exact) mass is 323 g/mol. The second-order valence-electron chi connectivity index (χ2n) is 6.41. The van der Waals surface area contributed by atoms with Crippen LogP contribution in [0.15, 0.2) is 57.7 Å². The molecule has 0 spiro atoms. The van der Waals surface area contributed by atoms with Crippen LogP contribution in [0.4, 0.5) is 4.39 Å². The van der Waals surface area contributed by atoms with Crippen molar-refractivity contribution in [2.75, 3.05) is 0 Å². The molecule has 3 nitrogen and oxygen atoms in total. The van der Waals surface area contributed by atoms with Crippen LogP contribution < -0.4 is 5.63 Å². The lowest BCUT2D eigenvalue weighted by Gasteiger charge is -2.22. The third-order valence-corrected chi connectivity index (χ3v) is 4.92. The van der Waals surface area contributed by atoms with E-state index < -0.39 is 11.4 Å². The van der Waals surface area contributed by atoms with E-state index in [1.807, 2.05) is 30.3 Å². The first-order valence-electron chi connectivity index (χ1n) is 8.38. The van der Waals surface area contributed by atoms with Gasteiger partial charge in [-0.2, -0.15) is 0 Å². The highest BCUT2D eigenvalue weighted by molar-refractivity contribution is 5.77. The van der Waals surface area contributed by atoms with Gasteiger partial charge < -0.3 is 4.42 Å². The third-order valence-electron chi connectivity index (χ3n) is 4.92. The maximum atomic E-state index is 13.9. The number of hydrogen-bond donors (Lipinski definition) is 0. The summed E-state index contributed by atoms with van der Waals surface area (Å²) in [5, 5.41) is -0.0699. The van der Waals surface area contributed by atoms with Crippen LogP contribution in [0.2, 0.25) is 0 Å². The third kappa shape index (κ3) is 2.62. The Morgan fingerprint density at radius 1 is 1.04 bits per heavy atom. The fourth-order valence-electron chi connectivity index (χ4n) is 3.80. The Kier molecular flexibility index (Phi) is 3.89. The van der Waals surface area contributed by atoms with E-state index in [0.29, 0.717) is 17.3 Å². The first-order valence-corrected chi connectivity index (χ1v) is 8.38. The molecule has 1 saturated carbocycles. The van der Waals surface area contributed by atoms with Crippen LogP contribution in [0.1, 0.15) is 43.1 Å². The van der Waals surface area contributed by atoms with Gasteiger partial charge in [-0.3, -0.25) is 0 Å². The molecule has 1 heterocycles. The largest absolute Gasteiger partial charge is 0.407 e. The van der Waals surface area contributed by atoms with Gasteiger partial charge in [0, 0.05) is 0 Å². The van der Waals surface area contributed by atoms with Crippen LogP contribution in [0.25, 0.3) is 10.9 Å². The van der Waals surface area contributed by atoms with Crippen LogP contribution in [0.5, 0.6) is 0 Å². The molecule has 1 aromatic heterocycles. The average Bonchev–Trinajstić information content (AvgIpc) is 3.10. The molecule has 0 N–H and O–H groups in total. The Hall–Kier alpha value is -2.49. The topological polar surface area (TPSA) is 43.1 Å². The molecule has 0 aliphatic heterocycles. The number of aromatic nitrogens is 1. The Morgan fingerprint density at radius 2 is 1.79 bits per heavy atom. The standard InChI is InChI=1S/C20H18FNO2/c21-15-11-6-12-16-18(15)20(23)24-19(22-16)17(14-9-4-5-10-14)13-7-2-1-3-8-13/h1-3,6-8,11-12,14,17H,4-5,9-10H2/t17-/m0/s1. The summed E-state index contributed by atoms with van der Waals surface area (Å²) < 4.78 is 19.4. The first kappa shape index (κ1) is 15.1. The number of halogens is 1. The van der Waals surface area contributed by atoms with Crippen LogP contribution in [-0.2, 0) is 0 Å². The van der Waals surface area contributed by atoms with Crippen molar-refractivity contribution in [3.8, 4) is 0 Å². The van der Waals surface area contributed by atoms with E-state index >= 15 is 0 Å². The van der Waals surface area contributed by atoms with Gasteiger partial charge in [-0.1, -0.05) is 49.2 Å². The lowest BCUT2D eigenvalue weighted by molar-refractivity contribution is 0.360.